The van der Waals surface area contributed by atoms with Crippen LogP contribution in [0, 0.1) is 0 Å². The molecule has 0 fully saturated rings. The van der Waals surface area contributed by atoms with Gasteiger partial charge in [0.15, 0.2) is 0 Å². The number of hydrogen-bond acceptors (Lipinski definition) is 3. The lowest BCUT2D eigenvalue weighted by Gasteiger charge is -2.05. The first kappa shape index (κ1) is 14.1. The Labute approximate surface area is 125 Å². The lowest BCUT2D eigenvalue weighted by Crippen LogP contribution is -2.16. The highest BCUT2D eigenvalue weighted by molar-refractivity contribution is 7.15. The predicted octanol–water partition coefficient (Wildman–Crippen LogP) is 4.44. The molecule has 0 aliphatic heterocycles. The van der Waals surface area contributed by atoms with Gasteiger partial charge in [0, 0.05) is 16.6 Å². The summed E-state index contributed by atoms with van der Waals surface area (Å²) in [7, 11) is 0. The molecule has 0 bridgehead atoms. The topological polar surface area (TPSA) is 24.9 Å². The van der Waals surface area contributed by atoms with Crippen LogP contribution in [0.5, 0.6) is 0 Å². The Morgan fingerprint density at radius 3 is 2.72 bits per heavy atom. The molecule has 1 aromatic carbocycles. The third kappa shape index (κ3) is 4.11. The number of hydrogen-bond donors (Lipinski definition) is 1. The maximum absolute atomic E-state index is 6.09. The summed E-state index contributed by atoms with van der Waals surface area (Å²) in [6.45, 7) is 1.56. The molecule has 1 N–H and O–H groups in total. The van der Waals surface area contributed by atoms with Gasteiger partial charge in [0.25, 0.3) is 0 Å². The van der Waals surface area contributed by atoms with E-state index in [2.05, 4.69) is 10.3 Å². The fourth-order valence-electron chi connectivity index (χ4n) is 1.51. The molecule has 0 amide bonds. The largest absolute Gasteiger partial charge is 0.310 e. The van der Waals surface area contributed by atoms with Crippen molar-refractivity contribution in [1.82, 2.24) is 10.3 Å². The molecular weight excluding hydrogens is 311 g/mol. The first-order valence-corrected chi connectivity index (χ1v) is 7.35. The quantitative estimate of drug-likeness (QED) is 0.824. The van der Waals surface area contributed by atoms with Crippen LogP contribution in [0.25, 0.3) is 0 Å². The van der Waals surface area contributed by atoms with Gasteiger partial charge in [-0.05, 0) is 30.7 Å². The van der Waals surface area contributed by atoms with Gasteiger partial charge in [0.1, 0.15) is 9.34 Å². The van der Waals surface area contributed by atoms with E-state index in [0.717, 1.165) is 30.1 Å². The van der Waals surface area contributed by atoms with Crippen molar-refractivity contribution in [2.45, 2.75) is 13.0 Å². The van der Waals surface area contributed by atoms with Gasteiger partial charge in [0.05, 0.1) is 6.20 Å². The third-order valence-corrected chi connectivity index (χ3v) is 4.09. The monoisotopic (exact) mass is 320 g/mol. The minimum atomic E-state index is 0.661. The van der Waals surface area contributed by atoms with E-state index in [-0.39, 0.29) is 0 Å². The van der Waals surface area contributed by atoms with Crippen molar-refractivity contribution in [3.63, 3.8) is 0 Å². The fraction of sp³-hybridized carbons (Fsp3) is 0.250. The molecule has 1 aromatic heterocycles. The standard InChI is InChI=1S/C12H11Cl3N2S/c13-9-2-1-8(10(14)5-9)3-4-16-7-12-17-6-11(15)18-12/h1-2,5-6,16H,3-4,7H2. The van der Waals surface area contributed by atoms with Crippen molar-refractivity contribution in [2.75, 3.05) is 6.54 Å². The molecule has 0 saturated carbocycles. The minimum Gasteiger partial charge on any atom is -0.310 e. The molecule has 0 unspecified atom stereocenters. The summed E-state index contributed by atoms with van der Waals surface area (Å²) >= 11 is 19.2. The smallest absolute Gasteiger partial charge is 0.113 e. The van der Waals surface area contributed by atoms with Crippen LogP contribution >= 0.6 is 46.1 Å². The molecule has 2 rings (SSSR count). The molecule has 1 heterocycles. The van der Waals surface area contributed by atoms with E-state index in [9.17, 15) is 0 Å². The van der Waals surface area contributed by atoms with Crippen LogP contribution < -0.4 is 5.32 Å². The Balaban J connectivity index is 1.78. The molecule has 0 aliphatic rings. The van der Waals surface area contributed by atoms with Gasteiger partial charge in [-0.15, -0.1) is 11.3 Å². The average Bonchev–Trinajstić information content (AvgIpc) is 2.73. The zero-order valence-electron chi connectivity index (χ0n) is 9.42. The SMILES string of the molecule is Clc1ccc(CCNCc2ncc(Cl)s2)c(Cl)c1. The second kappa shape index (κ2) is 6.73. The summed E-state index contributed by atoms with van der Waals surface area (Å²) < 4.78 is 0.715. The molecule has 96 valence electrons. The highest BCUT2D eigenvalue weighted by Crippen LogP contribution is 2.21. The van der Waals surface area contributed by atoms with Gasteiger partial charge in [-0.3, -0.25) is 0 Å². The van der Waals surface area contributed by atoms with Crippen molar-refractivity contribution in [3.8, 4) is 0 Å². The maximum atomic E-state index is 6.09. The average molecular weight is 322 g/mol. The number of nitrogens with zero attached hydrogens (tertiary/aromatic N) is 1. The molecule has 0 atom stereocenters. The zero-order valence-corrected chi connectivity index (χ0v) is 12.5. The molecule has 0 spiro atoms. The van der Waals surface area contributed by atoms with E-state index < -0.39 is 0 Å². The fourth-order valence-corrected chi connectivity index (χ4v) is 2.94. The van der Waals surface area contributed by atoms with Gasteiger partial charge in [-0.2, -0.15) is 0 Å². The second-order valence-corrected chi connectivity index (χ2v) is 6.31. The van der Waals surface area contributed by atoms with Gasteiger partial charge in [-0.1, -0.05) is 40.9 Å². The van der Waals surface area contributed by atoms with Crippen LogP contribution in [0.2, 0.25) is 14.4 Å². The number of aromatic nitrogens is 1. The number of rotatable bonds is 5. The Morgan fingerprint density at radius 2 is 2.06 bits per heavy atom. The molecular formula is C12H11Cl3N2S. The van der Waals surface area contributed by atoms with E-state index >= 15 is 0 Å². The summed E-state index contributed by atoms with van der Waals surface area (Å²) in [6.07, 6.45) is 2.52. The molecule has 0 aliphatic carbocycles. The molecule has 6 heteroatoms. The molecule has 2 aromatic rings. The third-order valence-electron chi connectivity index (χ3n) is 2.39. The van der Waals surface area contributed by atoms with Gasteiger partial charge in [0.2, 0.25) is 0 Å². The maximum Gasteiger partial charge on any atom is 0.113 e. The summed E-state index contributed by atoms with van der Waals surface area (Å²) in [6, 6.07) is 5.56. The normalized spacial score (nSPS) is 10.8. The first-order valence-electron chi connectivity index (χ1n) is 5.40. The first-order chi connectivity index (χ1) is 8.65. The highest BCUT2D eigenvalue weighted by atomic mass is 35.5. The van der Waals surface area contributed by atoms with E-state index in [1.807, 2.05) is 12.1 Å². The molecule has 0 radical (unpaired) electrons. The highest BCUT2D eigenvalue weighted by Gasteiger charge is 2.02. The van der Waals surface area contributed by atoms with Crippen molar-refractivity contribution in [2.24, 2.45) is 0 Å². The van der Waals surface area contributed by atoms with Gasteiger partial charge < -0.3 is 5.32 Å². The number of benzene rings is 1. The number of nitrogens with one attached hydrogen (secondary N) is 1. The van der Waals surface area contributed by atoms with Crippen molar-refractivity contribution in [3.05, 3.63) is 49.3 Å². The predicted molar refractivity (Wildman–Crippen MR) is 79.0 cm³/mol. The van der Waals surface area contributed by atoms with Gasteiger partial charge >= 0.3 is 0 Å². The van der Waals surface area contributed by atoms with E-state index in [1.54, 1.807) is 12.3 Å². The van der Waals surface area contributed by atoms with Crippen LogP contribution in [-0.4, -0.2) is 11.5 Å². The van der Waals surface area contributed by atoms with Gasteiger partial charge in [-0.25, -0.2) is 4.98 Å². The van der Waals surface area contributed by atoms with Crippen LogP contribution in [0.1, 0.15) is 10.6 Å². The van der Waals surface area contributed by atoms with Crippen molar-refractivity contribution in [1.29, 1.82) is 0 Å². The summed E-state index contributed by atoms with van der Waals surface area (Å²) in [5.74, 6) is 0. The van der Waals surface area contributed by atoms with Crippen LogP contribution in [0.4, 0.5) is 0 Å². The summed E-state index contributed by atoms with van der Waals surface area (Å²) in [5, 5.41) is 5.66. The number of halogens is 3. The van der Waals surface area contributed by atoms with Crippen molar-refractivity contribution < 1.29 is 0 Å². The second-order valence-electron chi connectivity index (χ2n) is 3.72. The lowest BCUT2D eigenvalue weighted by atomic mass is 10.1. The molecule has 2 nitrogen and oxygen atoms in total. The summed E-state index contributed by atoms with van der Waals surface area (Å²) in [4.78, 5) is 4.17. The van der Waals surface area contributed by atoms with Crippen LogP contribution in [0.3, 0.4) is 0 Å². The summed E-state index contributed by atoms with van der Waals surface area (Å²) in [5.41, 5.74) is 1.09. The van der Waals surface area contributed by atoms with Crippen LogP contribution in [0.15, 0.2) is 24.4 Å². The molecule has 0 saturated heterocycles. The Hall–Kier alpha value is -0.320. The zero-order chi connectivity index (χ0) is 13.0. The Kier molecular flexibility index (Phi) is 5.27. The van der Waals surface area contributed by atoms with Crippen LogP contribution in [-0.2, 0) is 13.0 Å². The van der Waals surface area contributed by atoms with E-state index in [4.69, 9.17) is 34.8 Å². The van der Waals surface area contributed by atoms with Crippen molar-refractivity contribution >= 4 is 46.1 Å². The van der Waals surface area contributed by atoms with E-state index in [1.165, 1.54) is 11.3 Å². The Bertz CT molecular complexity index is 528. The van der Waals surface area contributed by atoms with E-state index in [0.29, 0.717) is 14.4 Å². The molecule has 18 heavy (non-hydrogen) atoms. The minimum absolute atomic E-state index is 0.661. The lowest BCUT2D eigenvalue weighted by molar-refractivity contribution is 0.684. The Morgan fingerprint density at radius 1 is 1.22 bits per heavy atom. The number of thiazole rings is 1.